The number of nitrogens with zero attached hydrogens (tertiary/aromatic N) is 1. The van der Waals surface area contributed by atoms with E-state index in [9.17, 15) is 9.59 Å². The minimum absolute atomic E-state index is 0.184. The van der Waals surface area contributed by atoms with Crippen molar-refractivity contribution in [2.24, 2.45) is 0 Å². The summed E-state index contributed by atoms with van der Waals surface area (Å²) in [6.07, 6.45) is 0. The van der Waals surface area contributed by atoms with Crippen LogP contribution in [0.4, 0.5) is 0 Å². The van der Waals surface area contributed by atoms with Gasteiger partial charge in [0.1, 0.15) is 5.54 Å². The number of carbonyl (C=O) groups excluding carboxylic acids is 1. The van der Waals surface area contributed by atoms with Crippen LogP contribution in [0.2, 0.25) is 0 Å². The Morgan fingerprint density at radius 3 is 2.24 bits per heavy atom. The van der Waals surface area contributed by atoms with Crippen LogP contribution in [0.25, 0.3) is 0 Å². The maximum Gasteiger partial charge on any atom is 0.329 e. The van der Waals surface area contributed by atoms with Gasteiger partial charge in [0.15, 0.2) is 0 Å². The molecule has 0 unspecified atom stereocenters. The second kappa shape index (κ2) is 4.87. The largest absolute Gasteiger partial charge is 0.480 e. The average molecular weight is 240 g/mol. The number of carboxylic acid groups (broad SMARTS) is 1. The molecule has 0 aliphatic carbocycles. The SMILES string of the molecule is CCN(C(=O)C(C)=C1CNC1)C(C)(C)C(=O)O. The molecule has 1 amide bonds. The molecular weight excluding hydrogens is 220 g/mol. The molecule has 0 bridgehead atoms. The van der Waals surface area contributed by atoms with Gasteiger partial charge < -0.3 is 15.3 Å². The first-order valence-corrected chi connectivity index (χ1v) is 5.77. The van der Waals surface area contributed by atoms with Gasteiger partial charge in [-0.05, 0) is 33.3 Å². The van der Waals surface area contributed by atoms with E-state index in [1.54, 1.807) is 27.7 Å². The maximum atomic E-state index is 12.2. The molecular formula is C12H20N2O3. The van der Waals surface area contributed by atoms with Gasteiger partial charge in [-0.25, -0.2) is 4.79 Å². The van der Waals surface area contributed by atoms with Crippen molar-refractivity contribution in [3.8, 4) is 0 Å². The van der Waals surface area contributed by atoms with Crippen molar-refractivity contribution in [3.63, 3.8) is 0 Å². The molecule has 0 saturated carbocycles. The fourth-order valence-electron chi connectivity index (χ4n) is 1.78. The summed E-state index contributed by atoms with van der Waals surface area (Å²) in [5, 5.41) is 12.2. The Morgan fingerprint density at radius 2 is 1.94 bits per heavy atom. The Labute approximate surface area is 101 Å². The van der Waals surface area contributed by atoms with Crippen molar-refractivity contribution in [1.29, 1.82) is 0 Å². The van der Waals surface area contributed by atoms with Crippen molar-refractivity contribution in [1.82, 2.24) is 10.2 Å². The number of nitrogens with one attached hydrogen (secondary N) is 1. The highest BCUT2D eigenvalue weighted by Gasteiger charge is 2.37. The smallest absolute Gasteiger partial charge is 0.329 e. The number of carboxylic acids is 1. The first-order chi connectivity index (χ1) is 7.82. The van der Waals surface area contributed by atoms with E-state index in [0.29, 0.717) is 12.1 Å². The molecule has 1 aliphatic heterocycles. The normalized spacial score (nSPS) is 15.2. The van der Waals surface area contributed by atoms with Crippen LogP contribution in [0.1, 0.15) is 27.7 Å². The molecule has 0 atom stereocenters. The van der Waals surface area contributed by atoms with Crippen LogP contribution < -0.4 is 5.32 Å². The van der Waals surface area contributed by atoms with Crippen molar-refractivity contribution in [3.05, 3.63) is 11.1 Å². The lowest BCUT2D eigenvalue weighted by atomic mass is 9.98. The van der Waals surface area contributed by atoms with E-state index in [-0.39, 0.29) is 5.91 Å². The first-order valence-electron chi connectivity index (χ1n) is 5.77. The molecule has 5 heteroatoms. The first kappa shape index (κ1) is 13.7. The van der Waals surface area contributed by atoms with Crippen LogP contribution in [0.5, 0.6) is 0 Å². The predicted octanol–water partition coefficient (Wildman–Crippen LogP) is 0.618. The molecule has 0 aromatic carbocycles. The Bertz CT molecular complexity index is 366. The van der Waals surface area contributed by atoms with E-state index in [1.807, 2.05) is 0 Å². The highest BCUT2D eigenvalue weighted by molar-refractivity contribution is 5.97. The maximum absolute atomic E-state index is 12.2. The summed E-state index contributed by atoms with van der Waals surface area (Å²) >= 11 is 0. The zero-order valence-corrected chi connectivity index (χ0v) is 10.8. The summed E-state index contributed by atoms with van der Waals surface area (Å²) in [6, 6.07) is 0. The van der Waals surface area contributed by atoms with Gasteiger partial charge in [-0.1, -0.05) is 0 Å². The molecule has 0 aromatic rings. The van der Waals surface area contributed by atoms with E-state index < -0.39 is 11.5 Å². The Morgan fingerprint density at radius 1 is 1.41 bits per heavy atom. The quantitative estimate of drug-likeness (QED) is 0.707. The van der Waals surface area contributed by atoms with E-state index in [1.165, 1.54) is 4.90 Å². The molecule has 0 radical (unpaired) electrons. The second-order valence-electron chi connectivity index (χ2n) is 4.75. The molecule has 17 heavy (non-hydrogen) atoms. The Balaban J connectivity index is 2.95. The summed E-state index contributed by atoms with van der Waals surface area (Å²) in [5.74, 6) is -1.17. The Hall–Kier alpha value is -1.36. The van der Waals surface area contributed by atoms with Gasteiger partial charge in [0.2, 0.25) is 5.91 Å². The average Bonchev–Trinajstić information content (AvgIpc) is 2.15. The lowest BCUT2D eigenvalue weighted by Crippen LogP contribution is -2.53. The summed E-state index contributed by atoms with van der Waals surface area (Å²) in [6.45, 7) is 8.49. The topological polar surface area (TPSA) is 69.6 Å². The lowest BCUT2D eigenvalue weighted by Gasteiger charge is -2.35. The zero-order valence-electron chi connectivity index (χ0n) is 10.8. The van der Waals surface area contributed by atoms with Gasteiger partial charge >= 0.3 is 5.97 Å². The summed E-state index contributed by atoms with van der Waals surface area (Å²) in [5.41, 5.74) is 0.555. The van der Waals surface area contributed by atoms with Crippen molar-refractivity contribution >= 4 is 11.9 Å². The van der Waals surface area contributed by atoms with E-state index in [0.717, 1.165) is 18.7 Å². The van der Waals surface area contributed by atoms with Crippen LogP contribution >= 0.6 is 0 Å². The third-order valence-electron chi connectivity index (χ3n) is 3.29. The predicted molar refractivity (Wildman–Crippen MR) is 64.7 cm³/mol. The molecule has 1 heterocycles. The number of amides is 1. The van der Waals surface area contributed by atoms with Crippen molar-refractivity contribution in [2.75, 3.05) is 19.6 Å². The van der Waals surface area contributed by atoms with Gasteiger partial charge in [0.25, 0.3) is 0 Å². The lowest BCUT2D eigenvalue weighted by molar-refractivity contribution is -0.155. The van der Waals surface area contributed by atoms with Crippen LogP contribution in [0.3, 0.4) is 0 Å². The molecule has 0 spiro atoms. The summed E-state index contributed by atoms with van der Waals surface area (Å²) < 4.78 is 0. The Kier molecular flexibility index (Phi) is 3.93. The molecule has 96 valence electrons. The number of carbonyl (C=O) groups is 2. The number of hydrogen-bond acceptors (Lipinski definition) is 3. The molecule has 2 N–H and O–H groups in total. The van der Waals surface area contributed by atoms with E-state index in [4.69, 9.17) is 5.11 Å². The van der Waals surface area contributed by atoms with E-state index >= 15 is 0 Å². The minimum atomic E-state index is -1.18. The number of rotatable bonds is 4. The van der Waals surface area contributed by atoms with Gasteiger partial charge in [0.05, 0.1) is 0 Å². The number of hydrogen-bond donors (Lipinski definition) is 2. The molecule has 1 rings (SSSR count). The van der Waals surface area contributed by atoms with Gasteiger partial charge in [0, 0.05) is 25.2 Å². The van der Waals surface area contributed by atoms with Crippen LogP contribution in [-0.2, 0) is 9.59 Å². The molecule has 1 saturated heterocycles. The van der Waals surface area contributed by atoms with Crippen molar-refractivity contribution < 1.29 is 14.7 Å². The monoisotopic (exact) mass is 240 g/mol. The second-order valence-corrected chi connectivity index (χ2v) is 4.75. The van der Waals surface area contributed by atoms with Gasteiger partial charge in [-0.2, -0.15) is 0 Å². The third kappa shape index (κ3) is 2.49. The minimum Gasteiger partial charge on any atom is -0.480 e. The zero-order chi connectivity index (χ0) is 13.2. The molecule has 5 nitrogen and oxygen atoms in total. The van der Waals surface area contributed by atoms with Crippen molar-refractivity contribution in [2.45, 2.75) is 33.2 Å². The standard InChI is InChI=1S/C12H20N2O3/c1-5-14(12(3,4)11(16)17)10(15)8(2)9-6-13-7-9/h13H,5-7H2,1-4H3,(H,16,17). The van der Waals surface area contributed by atoms with Crippen LogP contribution in [-0.4, -0.2) is 47.1 Å². The van der Waals surface area contributed by atoms with Gasteiger partial charge in [-0.3, -0.25) is 4.79 Å². The van der Waals surface area contributed by atoms with Crippen LogP contribution in [0.15, 0.2) is 11.1 Å². The highest BCUT2D eigenvalue weighted by Crippen LogP contribution is 2.20. The van der Waals surface area contributed by atoms with Gasteiger partial charge in [-0.15, -0.1) is 0 Å². The fraction of sp³-hybridized carbons (Fsp3) is 0.667. The third-order valence-corrected chi connectivity index (χ3v) is 3.29. The fourth-order valence-corrected chi connectivity index (χ4v) is 1.78. The molecule has 1 fully saturated rings. The summed E-state index contributed by atoms with van der Waals surface area (Å²) in [4.78, 5) is 24.8. The highest BCUT2D eigenvalue weighted by atomic mass is 16.4. The molecule has 1 aliphatic rings. The van der Waals surface area contributed by atoms with Crippen LogP contribution in [0, 0.1) is 0 Å². The number of likely N-dealkylation sites (N-methyl/N-ethyl adjacent to an activating group) is 1. The molecule has 0 aromatic heterocycles. The summed E-state index contributed by atoms with van der Waals surface area (Å²) in [7, 11) is 0. The van der Waals surface area contributed by atoms with E-state index in [2.05, 4.69) is 5.32 Å². The number of aliphatic carboxylic acids is 1.